The Bertz CT molecular complexity index is 1020. The number of aryl methyl sites for hydroxylation is 1. The van der Waals surface area contributed by atoms with E-state index in [2.05, 4.69) is 5.32 Å². The van der Waals surface area contributed by atoms with Crippen molar-refractivity contribution in [2.75, 3.05) is 0 Å². The maximum Gasteiger partial charge on any atom is 0.352 e. The van der Waals surface area contributed by atoms with E-state index >= 15 is 0 Å². The summed E-state index contributed by atoms with van der Waals surface area (Å²) in [6.07, 6.45) is 4.71. The summed E-state index contributed by atoms with van der Waals surface area (Å²) in [5.74, 6) is -1.30. The Kier molecular flexibility index (Phi) is 5.18. The zero-order valence-corrected chi connectivity index (χ0v) is 16.0. The van der Waals surface area contributed by atoms with Crippen LogP contribution in [0.15, 0.2) is 42.5 Å². The third-order valence-electron chi connectivity index (χ3n) is 5.74. The van der Waals surface area contributed by atoms with Crippen molar-refractivity contribution in [3.8, 4) is 0 Å². The summed E-state index contributed by atoms with van der Waals surface area (Å²) in [6.45, 7) is 2.69. The predicted molar refractivity (Wildman–Crippen MR) is 108 cm³/mol. The number of nitrogens with one attached hydrogen (secondary N) is 1. The van der Waals surface area contributed by atoms with E-state index in [-0.39, 0.29) is 18.1 Å². The Balaban J connectivity index is 1.82. The number of halogens is 1. The molecule has 2 aromatic carbocycles. The average molecular weight is 380 g/mol. The second-order valence-electron chi connectivity index (χ2n) is 7.69. The van der Waals surface area contributed by atoms with Crippen molar-refractivity contribution in [2.24, 2.45) is 0 Å². The molecule has 1 heterocycles. The lowest BCUT2D eigenvalue weighted by Crippen LogP contribution is -2.26. The second kappa shape index (κ2) is 7.76. The van der Waals surface area contributed by atoms with Gasteiger partial charge < -0.3 is 15.0 Å². The molecule has 146 valence electrons. The molecule has 0 saturated heterocycles. The van der Waals surface area contributed by atoms with Crippen LogP contribution < -0.4 is 5.32 Å². The molecule has 2 N–H and O–H groups in total. The summed E-state index contributed by atoms with van der Waals surface area (Å²) in [4.78, 5) is 12.2. The van der Waals surface area contributed by atoms with E-state index in [9.17, 15) is 14.3 Å². The molecule has 0 radical (unpaired) electrons. The van der Waals surface area contributed by atoms with Crippen LogP contribution >= 0.6 is 0 Å². The van der Waals surface area contributed by atoms with E-state index in [4.69, 9.17) is 0 Å². The minimum Gasteiger partial charge on any atom is -0.477 e. The zero-order valence-electron chi connectivity index (χ0n) is 16.0. The van der Waals surface area contributed by atoms with E-state index in [1.807, 2.05) is 25.1 Å². The summed E-state index contributed by atoms with van der Waals surface area (Å²) < 4.78 is 16.0. The summed E-state index contributed by atoms with van der Waals surface area (Å²) in [5, 5.41) is 14.5. The van der Waals surface area contributed by atoms with Crippen molar-refractivity contribution in [1.82, 2.24) is 9.88 Å². The molecule has 1 aliphatic rings. The first-order valence-electron chi connectivity index (χ1n) is 9.86. The molecule has 4 nitrogen and oxygen atoms in total. The van der Waals surface area contributed by atoms with Gasteiger partial charge in [0.1, 0.15) is 11.5 Å². The highest BCUT2D eigenvalue weighted by atomic mass is 19.1. The van der Waals surface area contributed by atoms with Crippen LogP contribution in [0.2, 0.25) is 0 Å². The SMILES string of the molecule is Cc1ccc2c(CNC3CCCC3)c(C(=O)O)n(Cc3ccccc3F)c2c1. The Hall–Kier alpha value is -2.66. The second-order valence-corrected chi connectivity index (χ2v) is 7.69. The van der Waals surface area contributed by atoms with Crippen molar-refractivity contribution < 1.29 is 14.3 Å². The van der Waals surface area contributed by atoms with Crippen molar-refractivity contribution in [1.29, 1.82) is 0 Å². The molecule has 0 unspecified atom stereocenters. The third kappa shape index (κ3) is 3.54. The van der Waals surface area contributed by atoms with Crippen molar-refractivity contribution >= 4 is 16.9 Å². The lowest BCUT2D eigenvalue weighted by molar-refractivity contribution is 0.0684. The van der Waals surface area contributed by atoms with Crippen LogP contribution in [0, 0.1) is 12.7 Å². The number of carboxylic acid groups (broad SMARTS) is 1. The molecule has 5 heteroatoms. The van der Waals surface area contributed by atoms with Gasteiger partial charge in [-0.15, -0.1) is 0 Å². The summed E-state index contributed by atoms with van der Waals surface area (Å²) >= 11 is 0. The van der Waals surface area contributed by atoms with Crippen molar-refractivity contribution in [2.45, 2.75) is 51.7 Å². The van der Waals surface area contributed by atoms with E-state index in [0.29, 0.717) is 18.2 Å². The Morgan fingerprint density at radius 2 is 1.96 bits per heavy atom. The van der Waals surface area contributed by atoms with Crippen molar-refractivity contribution in [3.05, 3.63) is 70.7 Å². The third-order valence-corrected chi connectivity index (χ3v) is 5.74. The minimum atomic E-state index is -0.978. The van der Waals surface area contributed by atoms with E-state index in [0.717, 1.165) is 34.9 Å². The van der Waals surface area contributed by atoms with Crippen LogP contribution in [0.5, 0.6) is 0 Å². The number of aromatic carboxylic acids is 1. The fraction of sp³-hybridized carbons (Fsp3) is 0.348. The Morgan fingerprint density at radius 1 is 1.21 bits per heavy atom. The topological polar surface area (TPSA) is 54.3 Å². The molecule has 1 aliphatic carbocycles. The van der Waals surface area contributed by atoms with E-state index in [1.165, 1.54) is 18.9 Å². The van der Waals surface area contributed by atoms with Crippen LogP contribution in [0.1, 0.15) is 52.9 Å². The minimum absolute atomic E-state index is 0.192. The summed E-state index contributed by atoms with van der Waals surface area (Å²) in [7, 11) is 0. The number of hydrogen-bond donors (Lipinski definition) is 2. The van der Waals surface area contributed by atoms with Gasteiger partial charge >= 0.3 is 5.97 Å². The highest BCUT2D eigenvalue weighted by Crippen LogP contribution is 2.30. The van der Waals surface area contributed by atoms with E-state index < -0.39 is 5.97 Å². The number of nitrogens with zero attached hydrogens (tertiary/aromatic N) is 1. The number of carboxylic acids is 1. The van der Waals surface area contributed by atoms with Gasteiger partial charge in [0.15, 0.2) is 0 Å². The Morgan fingerprint density at radius 3 is 2.68 bits per heavy atom. The number of aromatic nitrogens is 1. The van der Waals surface area contributed by atoms with Gasteiger partial charge in [0.2, 0.25) is 0 Å². The normalized spacial score (nSPS) is 14.8. The quantitative estimate of drug-likeness (QED) is 0.642. The predicted octanol–water partition coefficient (Wildman–Crippen LogP) is 4.87. The maximum absolute atomic E-state index is 14.3. The van der Waals surface area contributed by atoms with Gasteiger partial charge in [0.25, 0.3) is 0 Å². The molecule has 1 fully saturated rings. The fourth-order valence-electron chi connectivity index (χ4n) is 4.29. The molecule has 0 atom stereocenters. The average Bonchev–Trinajstić information content (AvgIpc) is 3.28. The number of rotatable bonds is 6. The molecular weight excluding hydrogens is 355 g/mol. The van der Waals surface area contributed by atoms with Crippen molar-refractivity contribution in [3.63, 3.8) is 0 Å². The molecule has 3 aromatic rings. The first kappa shape index (κ1) is 18.7. The van der Waals surface area contributed by atoms with Gasteiger partial charge in [-0.3, -0.25) is 0 Å². The molecule has 4 rings (SSSR count). The van der Waals surface area contributed by atoms with Gasteiger partial charge in [-0.1, -0.05) is 43.2 Å². The standard InChI is InChI=1S/C23H25FN2O2/c1-15-10-11-18-19(13-25-17-7-3-4-8-17)22(23(27)28)26(21(18)12-15)14-16-6-2-5-9-20(16)24/h2,5-6,9-12,17,25H,3-4,7-8,13-14H2,1H3,(H,27,28). The van der Waals surface area contributed by atoms with Gasteiger partial charge in [-0.2, -0.15) is 0 Å². The molecule has 0 aliphatic heterocycles. The summed E-state index contributed by atoms with van der Waals surface area (Å²) in [5.41, 5.74) is 3.40. The Labute approximate surface area is 164 Å². The zero-order chi connectivity index (χ0) is 19.7. The molecule has 0 amide bonds. The fourth-order valence-corrected chi connectivity index (χ4v) is 4.29. The van der Waals surface area contributed by atoms with Gasteiger partial charge in [0.05, 0.1) is 6.54 Å². The first-order chi connectivity index (χ1) is 13.5. The van der Waals surface area contributed by atoms with Crippen LogP contribution in [-0.2, 0) is 13.1 Å². The molecule has 0 spiro atoms. The van der Waals surface area contributed by atoms with Crippen LogP contribution in [0.25, 0.3) is 10.9 Å². The maximum atomic E-state index is 14.3. The number of fused-ring (bicyclic) bond motifs is 1. The largest absolute Gasteiger partial charge is 0.477 e. The van der Waals surface area contributed by atoms with Gasteiger partial charge in [-0.25, -0.2) is 9.18 Å². The molecule has 1 saturated carbocycles. The smallest absolute Gasteiger partial charge is 0.352 e. The monoisotopic (exact) mass is 380 g/mol. The highest BCUT2D eigenvalue weighted by Gasteiger charge is 2.24. The van der Waals surface area contributed by atoms with Crippen LogP contribution in [0.3, 0.4) is 0 Å². The molecule has 28 heavy (non-hydrogen) atoms. The molecule has 0 bridgehead atoms. The lowest BCUT2D eigenvalue weighted by Gasteiger charge is -2.13. The molecule has 1 aromatic heterocycles. The number of hydrogen-bond acceptors (Lipinski definition) is 2. The van der Waals surface area contributed by atoms with Gasteiger partial charge in [-0.05, 0) is 37.5 Å². The lowest BCUT2D eigenvalue weighted by atomic mass is 10.1. The summed E-state index contributed by atoms with van der Waals surface area (Å²) in [6, 6.07) is 13.0. The number of benzene rings is 2. The van der Waals surface area contributed by atoms with Crippen LogP contribution in [0.4, 0.5) is 4.39 Å². The van der Waals surface area contributed by atoms with Crippen LogP contribution in [-0.4, -0.2) is 21.7 Å². The van der Waals surface area contributed by atoms with E-state index in [1.54, 1.807) is 22.8 Å². The first-order valence-corrected chi connectivity index (χ1v) is 9.86. The highest BCUT2D eigenvalue weighted by molar-refractivity contribution is 5.98. The number of carbonyl (C=O) groups is 1. The van der Waals surface area contributed by atoms with Gasteiger partial charge in [0, 0.05) is 34.6 Å². The molecular formula is C23H25FN2O2.